The summed E-state index contributed by atoms with van der Waals surface area (Å²) in [5.74, 6) is -0.370. The van der Waals surface area contributed by atoms with Gasteiger partial charge in [-0.15, -0.1) is 5.43 Å². The molecule has 2 nitrogen and oxygen atoms in total. The van der Waals surface area contributed by atoms with Crippen LogP contribution in [0.5, 0.6) is 0 Å². The van der Waals surface area contributed by atoms with Crippen molar-refractivity contribution >= 4 is 21.6 Å². The van der Waals surface area contributed by atoms with Crippen LogP contribution in [-0.2, 0) is 0 Å². The van der Waals surface area contributed by atoms with E-state index >= 15 is 0 Å². The number of nitrogens with zero attached hydrogens (tertiary/aromatic N) is 2. The predicted molar refractivity (Wildman–Crippen MR) is 32.3 cm³/mol. The van der Waals surface area contributed by atoms with Crippen LogP contribution in [0.25, 0.3) is 0 Å². The molecule has 0 fully saturated rings. The van der Waals surface area contributed by atoms with Crippen LogP contribution in [-0.4, -0.2) is 5.71 Å². The lowest BCUT2D eigenvalue weighted by Gasteiger charge is -1.80. The Labute approximate surface area is 54.6 Å². The zero-order valence-corrected chi connectivity index (χ0v) is 5.74. The van der Waals surface area contributed by atoms with Gasteiger partial charge in [0.25, 0.3) is 0 Å². The van der Waals surface area contributed by atoms with E-state index in [0.717, 1.165) is 0 Å². The fourth-order valence-electron chi connectivity index (χ4n) is 0.356. The molecular formula is C4H3BrFN2. The zero-order valence-electron chi connectivity index (χ0n) is 4.15. The molecule has 0 aromatic rings. The Bertz CT molecular complexity index is 167. The molecule has 1 aliphatic rings. The van der Waals surface area contributed by atoms with Crippen molar-refractivity contribution in [2.24, 2.45) is 5.10 Å². The van der Waals surface area contributed by atoms with Gasteiger partial charge in [0.05, 0.1) is 5.71 Å². The minimum absolute atomic E-state index is 0.190. The lowest BCUT2D eigenvalue weighted by atomic mass is 10.4. The summed E-state index contributed by atoms with van der Waals surface area (Å²) in [6, 6.07) is 0. The van der Waals surface area contributed by atoms with Crippen LogP contribution >= 0.6 is 15.9 Å². The molecule has 1 radical (unpaired) electrons. The predicted octanol–water partition coefficient (Wildman–Crippen LogP) is 1.51. The monoisotopic (exact) mass is 177 g/mol. The van der Waals surface area contributed by atoms with Gasteiger partial charge >= 0.3 is 0 Å². The largest absolute Gasteiger partial charge is 0.202 e. The molecule has 1 aliphatic heterocycles. The molecule has 1 rings (SSSR count). The van der Waals surface area contributed by atoms with Crippen molar-refractivity contribution in [2.45, 2.75) is 6.92 Å². The molecule has 0 N–H and O–H groups in total. The highest BCUT2D eigenvalue weighted by atomic mass is 79.9. The first-order valence-corrected chi connectivity index (χ1v) is 2.82. The van der Waals surface area contributed by atoms with E-state index in [0.29, 0.717) is 5.71 Å². The van der Waals surface area contributed by atoms with E-state index in [-0.39, 0.29) is 10.4 Å². The topological polar surface area (TPSA) is 26.5 Å². The minimum Gasteiger partial charge on any atom is -0.202 e. The summed E-state index contributed by atoms with van der Waals surface area (Å²) in [5.41, 5.74) is 3.74. The first-order valence-electron chi connectivity index (χ1n) is 2.03. The fraction of sp³-hybridized carbons (Fsp3) is 0.250. The van der Waals surface area contributed by atoms with Crippen LogP contribution in [0, 0.1) is 0 Å². The summed E-state index contributed by atoms with van der Waals surface area (Å²) < 4.78 is 12.5. The third-order valence-electron chi connectivity index (χ3n) is 0.787. The highest BCUT2D eigenvalue weighted by Gasteiger charge is 2.14. The Morgan fingerprint density at radius 2 is 2.25 bits per heavy atom. The van der Waals surface area contributed by atoms with Crippen molar-refractivity contribution in [2.75, 3.05) is 0 Å². The number of allylic oxidation sites excluding steroid dienone is 1. The maximum Gasteiger partial charge on any atom is 0.180 e. The highest BCUT2D eigenvalue weighted by molar-refractivity contribution is 9.11. The van der Waals surface area contributed by atoms with Crippen LogP contribution in [0.3, 0.4) is 0 Å². The Morgan fingerprint density at radius 3 is 2.38 bits per heavy atom. The second-order valence-corrected chi connectivity index (χ2v) is 2.14. The third kappa shape index (κ3) is 0.753. The van der Waals surface area contributed by atoms with Gasteiger partial charge in [-0.2, -0.15) is 5.10 Å². The van der Waals surface area contributed by atoms with E-state index in [1.807, 2.05) is 0 Å². The third-order valence-corrected chi connectivity index (χ3v) is 1.29. The lowest BCUT2D eigenvalue weighted by Crippen LogP contribution is -1.84. The molecule has 0 atom stereocenters. The quantitative estimate of drug-likeness (QED) is 0.502. The van der Waals surface area contributed by atoms with Gasteiger partial charge in [-0.05, 0) is 22.9 Å². The highest BCUT2D eigenvalue weighted by Crippen LogP contribution is 2.18. The summed E-state index contributed by atoms with van der Waals surface area (Å²) in [6.07, 6.45) is 0. The minimum atomic E-state index is -0.370. The SMILES string of the molecule is CC1=N[N]C(Br)=C1F. The summed E-state index contributed by atoms with van der Waals surface area (Å²) in [5, 5.41) is 3.44. The van der Waals surface area contributed by atoms with Crippen molar-refractivity contribution in [3.63, 3.8) is 0 Å². The Kier molecular flexibility index (Phi) is 1.33. The molecular weight excluding hydrogens is 175 g/mol. The smallest absolute Gasteiger partial charge is 0.180 e. The molecule has 1 heterocycles. The fourth-order valence-corrected chi connectivity index (χ4v) is 0.722. The Hall–Kier alpha value is -0.380. The van der Waals surface area contributed by atoms with Crippen LogP contribution in [0.2, 0.25) is 0 Å². The molecule has 0 aromatic heterocycles. The number of hydrogen-bond donors (Lipinski definition) is 0. The van der Waals surface area contributed by atoms with Crippen LogP contribution in [0.1, 0.15) is 6.92 Å². The van der Waals surface area contributed by atoms with Crippen molar-refractivity contribution in [3.05, 3.63) is 10.4 Å². The number of hydrogen-bond acceptors (Lipinski definition) is 1. The van der Waals surface area contributed by atoms with E-state index in [1.54, 1.807) is 6.92 Å². The molecule has 8 heavy (non-hydrogen) atoms. The first-order chi connectivity index (χ1) is 3.72. The van der Waals surface area contributed by atoms with Crippen molar-refractivity contribution in [1.82, 2.24) is 5.43 Å². The van der Waals surface area contributed by atoms with Gasteiger partial charge in [0, 0.05) is 0 Å². The molecule has 0 aliphatic carbocycles. The molecule has 0 unspecified atom stereocenters. The number of rotatable bonds is 0. The van der Waals surface area contributed by atoms with Gasteiger partial charge in [0.1, 0.15) is 0 Å². The van der Waals surface area contributed by atoms with Crippen molar-refractivity contribution in [3.8, 4) is 0 Å². The zero-order chi connectivity index (χ0) is 6.15. The molecule has 43 valence electrons. The maximum atomic E-state index is 12.3. The summed E-state index contributed by atoms with van der Waals surface area (Å²) >= 11 is 2.87. The second kappa shape index (κ2) is 1.85. The number of halogens is 2. The Morgan fingerprint density at radius 1 is 1.62 bits per heavy atom. The van der Waals surface area contributed by atoms with Gasteiger partial charge in [0.2, 0.25) is 0 Å². The van der Waals surface area contributed by atoms with Gasteiger partial charge in [-0.1, -0.05) is 0 Å². The van der Waals surface area contributed by atoms with Crippen LogP contribution < -0.4 is 5.43 Å². The molecule has 0 bridgehead atoms. The molecule has 0 aromatic carbocycles. The van der Waals surface area contributed by atoms with Gasteiger partial charge < -0.3 is 0 Å². The van der Waals surface area contributed by atoms with E-state index in [9.17, 15) is 4.39 Å². The van der Waals surface area contributed by atoms with Crippen molar-refractivity contribution < 1.29 is 4.39 Å². The first kappa shape index (κ1) is 5.75. The van der Waals surface area contributed by atoms with E-state index in [4.69, 9.17) is 0 Å². The van der Waals surface area contributed by atoms with Gasteiger partial charge in [-0.3, -0.25) is 0 Å². The molecule has 0 spiro atoms. The van der Waals surface area contributed by atoms with E-state index in [2.05, 4.69) is 26.5 Å². The molecule has 0 amide bonds. The average molecular weight is 178 g/mol. The maximum absolute atomic E-state index is 12.3. The van der Waals surface area contributed by atoms with Crippen LogP contribution in [0.15, 0.2) is 15.5 Å². The van der Waals surface area contributed by atoms with Crippen molar-refractivity contribution in [1.29, 1.82) is 0 Å². The van der Waals surface area contributed by atoms with Gasteiger partial charge in [0.15, 0.2) is 10.4 Å². The summed E-state index contributed by atoms with van der Waals surface area (Å²) in [4.78, 5) is 0. The lowest BCUT2D eigenvalue weighted by molar-refractivity contribution is 0.677. The molecule has 4 heteroatoms. The average Bonchev–Trinajstić information content (AvgIpc) is 1.98. The second-order valence-electron chi connectivity index (χ2n) is 1.39. The Balaban J connectivity index is 2.88. The molecule has 0 saturated carbocycles. The van der Waals surface area contributed by atoms with E-state index < -0.39 is 0 Å². The normalized spacial score (nSPS) is 18.6. The van der Waals surface area contributed by atoms with Gasteiger partial charge in [-0.25, -0.2) is 4.39 Å². The molecule has 0 saturated heterocycles. The summed E-state index contributed by atoms with van der Waals surface area (Å²) in [7, 11) is 0. The standard InChI is InChI=1S/C4H3BrFN2/c1-2-3(6)4(5)8-7-2/h1H3. The summed E-state index contributed by atoms with van der Waals surface area (Å²) in [6.45, 7) is 1.56. The van der Waals surface area contributed by atoms with Crippen LogP contribution in [0.4, 0.5) is 4.39 Å². The van der Waals surface area contributed by atoms with E-state index in [1.165, 1.54) is 0 Å².